The summed E-state index contributed by atoms with van der Waals surface area (Å²) in [7, 11) is 1.88. The lowest BCUT2D eigenvalue weighted by Crippen LogP contribution is -2.50. The molecule has 3 unspecified atom stereocenters. The molecule has 4 atom stereocenters. The summed E-state index contributed by atoms with van der Waals surface area (Å²) in [6.45, 7) is 5.85. The number of aromatic nitrogens is 4. The van der Waals surface area contributed by atoms with Crippen LogP contribution in [0, 0.1) is 13.8 Å². The van der Waals surface area contributed by atoms with Gasteiger partial charge in [0.1, 0.15) is 6.17 Å². The molecule has 2 N–H and O–H groups in total. The van der Waals surface area contributed by atoms with Gasteiger partial charge in [0, 0.05) is 31.1 Å². The minimum absolute atomic E-state index is 0.107. The first kappa shape index (κ1) is 21.2. The van der Waals surface area contributed by atoms with Crippen molar-refractivity contribution in [2.75, 3.05) is 31.6 Å². The van der Waals surface area contributed by atoms with Crippen LogP contribution in [0.4, 0.5) is 16.0 Å². The monoisotopic (exact) mass is 440 g/mol. The van der Waals surface area contributed by atoms with Crippen LogP contribution in [0.25, 0.3) is 10.9 Å². The van der Waals surface area contributed by atoms with E-state index in [1.54, 1.807) is 17.1 Å². The maximum Gasteiger partial charge on any atom is 0.227 e. The number of aryl methyl sites for hydroxylation is 2. The molecule has 9 heteroatoms. The third-order valence-corrected chi connectivity index (χ3v) is 6.91. The summed E-state index contributed by atoms with van der Waals surface area (Å²) in [6, 6.07) is 3.94. The predicted octanol–water partition coefficient (Wildman–Crippen LogP) is 2.61. The van der Waals surface area contributed by atoms with Crippen LogP contribution in [0.5, 0.6) is 0 Å². The van der Waals surface area contributed by atoms with E-state index in [1.807, 2.05) is 37.9 Å². The van der Waals surface area contributed by atoms with E-state index in [2.05, 4.69) is 20.4 Å². The fourth-order valence-corrected chi connectivity index (χ4v) is 4.87. The highest BCUT2D eigenvalue weighted by Crippen LogP contribution is 2.35. The largest absolute Gasteiger partial charge is 0.389 e. The molecule has 0 bridgehead atoms. The van der Waals surface area contributed by atoms with Gasteiger partial charge in [0.15, 0.2) is 0 Å². The van der Waals surface area contributed by atoms with Crippen LogP contribution in [0.2, 0.25) is 0 Å². The zero-order valence-electron chi connectivity index (χ0n) is 18.6. The first-order valence-electron chi connectivity index (χ1n) is 11.1. The maximum atomic E-state index is 15.3. The Morgan fingerprint density at radius 3 is 2.75 bits per heavy atom. The number of likely N-dealkylation sites (tertiary alicyclic amines) is 1. The molecule has 1 aromatic carbocycles. The number of benzene rings is 1. The van der Waals surface area contributed by atoms with Gasteiger partial charge in [0.25, 0.3) is 0 Å². The number of hydrogen-bond donors (Lipinski definition) is 2. The number of rotatable bonds is 4. The highest BCUT2D eigenvalue weighted by molar-refractivity contribution is 5.81. The molecule has 8 nitrogen and oxygen atoms in total. The number of hydrogen-bond acceptors (Lipinski definition) is 7. The quantitative estimate of drug-likeness (QED) is 0.645. The molecule has 4 heterocycles. The summed E-state index contributed by atoms with van der Waals surface area (Å²) in [5.74, 6) is 0.298. The van der Waals surface area contributed by atoms with Crippen molar-refractivity contribution >= 4 is 22.5 Å². The Kier molecular flexibility index (Phi) is 5.56. The van der Waals surface area contributed by atoms with Gasteiger partial charge in [-0.2, -0.15) is 5.10 Å². The lowest BCUT2D eigenvalue weighted by atomic mass is 9.84. The molecule has 2 fully saturated rings. The zero-order chi connectivity index (χ0) is 22.4. The average Bonchev–Trinajstić information content (AvgIpc) is 3.34. The van der Waals surface area contributed by atoms with Crippen LogP contribution in [-0.4, -0.2) is 74.4 Å². The van der Waals surface area contributed by atoms with Gasteiger partial charge in [-0.25, -0.2) is 14.4 Å². The molecule has 0 amide bonds. The molecule has 0 saturated carbocycles. The standard InChI is InChI=1S/C23H29FN6O2/c1-13-6-15-8-25-23(28-20-9-26-29(3)14(20)2)27-19(15)7-17(13)16-4-5-30(10-18(16)24)21-11-32-12-22(21)31/h6-9,16,18,21-22,31H,4-5,10-12H2,1-3H3,(H,25,27,28)/t16?,18?,21-,22?/m1/s1. The third-order valence-electron chi connectivity index (χ3n) is 6.91. The number of aliphatic hydroxyl groups excluding tert-OH is 1. The van der Waals surface area contributed by atoms with Crippen molar-refractivity contribution in [3.8, 4) is 0 Å². The Labute approximate surface area is 186 Å². The Balaban J connectivity index is 1.39. The highest BCUT2D eigenvalue weighted by Gasteiger charge is 2.38. The fourth-order valence-electron chi connectivity index (χ4n) is 4.87. The van der Waals surface area contributed by atoms with E-state index in [1.165, 1.54) is 0 Å². The van der Waals surface area contributed by atoms with E-state index in [0.717, 1.165) is 40.0 Å². The van der Waals surface area contributed by atoms with Crippen molar-refractivity contribution in [2.24, 2.45) is 7.05 Å². The Bertz CT molecular complexity index is 1140. The molecular formula is C23H29FN6O2. The van der Waals surface area contributed by atoms with E-state index >= 15 is 4.39 Å². The van der Waals surface area contributed by atoms with Gasteiger partial charge in [-0.05, 0) is 50.1 Å². The number of nitrogens with one attached hydrogen (secondary N) is 1. The third kappa shape index (κ3) is 3.85. The number of nitrogens with zero attached hydrogens (tertiary/aromatic N) is 5. The van der Waals surface area contributed by atoms with E-state index in [4.69, 9.17) is 4.74 Å². The maximum absolute atomic E-state index is 15.3. The van der Waals surface area contributed by atoms with Crippen molar-refractivity contribution in [3.05, 3.63) is 41.3 Å². The molecular weight excluding hydrogens is 411 g/mol. The normalized spacial score (nSPS) is 26.7. The lowest BCUT2D eigenvalue weighted by molar-refractivity contribution is 0.0352. The smallest absolute Gasteiger partial charge is 0.227 e. The van der Waals surface area contributed by atoms with Crippen LogP contribution in [-0.2, 0) is 11.8 Å². The molecule has 170 valence electrons. The van der Waals surface area contributed by atoms with Crippen LogP contribution < -0.4 is 5.32 Å². The average molecular weight is 441 g/mol. The zero-order valence-corrected chi connectivity index (χ0v) is 18.6. The molecule has 2 saturated heterocycles. The van der Waals surface area contributed by atoms with E-state index in [0.29, 0.717) is 32.1 Å². The number of piperidine rings is 1. The predicted molar refractivity (Wildman–Crippen MR) is 120 cm³/mol. The van der Waals surface area contributed by atoms with Gasteiger partial charge in [-0.3, -0.25) is 9.58 Å². The lowest BCUT2D eigenvalue weighted by Gasteiger charge is -2.39. The van der Waals surface area contributed by atoms with Crippen molar-refractivity contribution in [1.82, 2.24) is 24.6 Å². The second kappa shape index (κ2) is 8.38. The minimum atomic E-state index is -1.01. The minimum Gasteiger partial charge on any atom is -0.389 e. The number of anilines is 2. The Hall–Kier alpha value is -2.62. The van der Waals surface area contributed by atoms with Crippen molar-refractivity contribution in [1.29, 1.82) is 0 Å². The Morgan fingerprint density at radius 2 is 2.06 bits per heavy atom. The van der Waals surface area contributed by atoms with Gasteiger partial charge in [-0.15, -0.1) is 0 Å². The molecule has 0 aliphatic carbocycles. The first-order chi connectivity index (χ1) is 15.4. The number of fused-ring (bicyclic) bond motifs is 1. The summed E-state index contributed by atoms with van der Waals surface area (Å²) in [4.78, 5) is 11.2. The number of halogens is 1. The van der Waals surface area contributed by atoms with Gasteiger partial charge in [0.05, 0.1) is 48.5 Å². The summed E-state index contributed by atoms with van der Waals surface area (Å²) in [5.41, 5.74) is 4.68. The second-order valence-electron chi connectivity index (χ2n) is 8.93. The van der Waals surface area contributed by atoms with Gasteiger partial charge in [0.2, 0.25) is 5.95 Å². The van der Waals surface area contributed by atoms with Crippen molar-refractivity contribution in [2.45, 2.75) is 44.5 Å². The molecule has 32 heavy (non-hydrogen) atoms. The van der Waals surface area contributed by atoms with Crippen LogP contribution >= 0.6 is 0 Å². The van der Waals surface area contributed by atoms with Gasteiger partial charge >= 0.3 is 0 Å². The van der Waals surface area contributed by atoms with E-state index < -0.39 is 12.3 Å². The SMILES string of the molecule is Cc1cc2cnc(Nc3cnn(C)c3C)nc2cc1C1CCN([C@@H]2COCC2O)CC1F. The molecule has 0 radical (unpaired) electrons. The Morgan fingerprint density at radius 1 is 1.22 bits per heavy atom. The second-order valence-corrected chi connectivity index (χ2v) is 8.93. The number of aliphatic hydroxyl groups is 1. The fraction of sp³-hybridized carbons (Fsp3) is 0.522. The molecule has 5 rings (SSSR count). The molecule has 2 aliphatic heterocycles. The number of ether oxygens (including phenoxy) is 1. The van der Waals surface area contributed by atoms with E-state index in [9.17, 15) is 5.11 Å². The van der Waals surface area contributed by atoms with Crippen LogP contribution in [0.15, 0.2) is 24.5 Å². The number of alkyl halides is 1. The van der Waals surface area contributed by atoms with Crippen LogP contribution in [0.3, 0.4) is 0 Å². The van der Waals surface area contributed by atoms with Crippen molar-refractivity contribution in [3.63, 3.8) is 0 Å². The highest BCUT2D eigenvalue weighted by atomic mass is 19.1. The molecule has 0 spiro atoms. The summed E-state index contributed by atoms with van der Waals surface area (Å²) >= 11 is 0. The molecule has 3 aromatic rings. The van der Waals surface area contributed by atoms with Crippen LogP contribution in [0.1, 0.15) is 29.2 Å². The summed E-state index contributed by atoms with van der Waals surface area (Å²) in [6.07, 6.45) is 2.70. The van der Waals surface area contributed by atoms with Crippen molar-refractivity contribution < 1.29 is 14.2 Å². The molecule has 2 aliphatic rings. The molecule has 2 aromatic heterocycles. The van der Waals surface area contributed by atoms with Gasteiger partial charge in [-0.1, -0.05) is 0 Å². The topological polar surface area (TPSA) is 88.3 Å². The first-order valence-corrected chi connectivity index (χ1v) is 11.1. The summed E-state index contributed by atoms with van der Waals surface area (Å²) in [5, 5.41) is 18.5. The van der Waals surface area contributed by atoms with E-state index in [-0.39, 0.29) is 12.0 Å². The summed E-state index contributed by atoms with van der Waals surface area (Å²) < 4.78 is 22.5. The van der Waals surface area contributed by atoms with Gasteiger partial charge < -0.3 is 15.2 Å².